The van der Waals surface area contributed by atoms with Gasteiger partial charge in [-0.25, -0.2) is 0 Å². The fourth-order valence-electron chi connectivity index (χ4n) is 3.75. The minimum absolute atomic E-state index is 0.0740. The Bertz CT molecular complexity index is 539. The van der Waals surface area contributed by atoms with E-state index in [4.69, 9.17) is 10.5 Å². The second kappa shape index (κ2) is 19.3. The van der Waals surface area contributed by atoms with E-state index in [1.165, 1.54) is 51.4 Å². The van der Waals surface area contributed by atoms with Crippen LogP contribution in [0.2, 0.25) is 0 Å². The van der Waals surface area contributed by atoms with Gasteiger partial charge in [0.25, 0.3) is 0 Å². The summed E-state index contributed by atoms with van der Waals surface area (Å²) in [6.07, 6.45) is 14.3. The lowest BCUT2D eigenvalue weighted by atomic mass is 10.0. The highest BCUT2D eigenvalue weighted by atomic mass is 16.5. The van der Waals surface area contributed by atoms with Crippen molar-refractivity contribution in [2.75, 3.05) is 13.2 Å². The SMILES string of the molecule is CCCCCCCCCCCC[C@@H](OCc1ccccc1)C(=O)N[C@@H](CO)CCCN. The molecule has 0 unspecified atom stereocenters. The summed E-state index contributed by atoms with van der Waals surface area (Å²) < 4.78 is 6.00. The number of unbranched alkanes of at least 4 members (excludes halogenated alkanes) is 9. The van der Waals surface area contributed by atoms with Crippen molar-refractivity contribution in [2.24, 2.45) is 5.73 Å². The molecule has 4 N–H and O–H groups in total. The zero-order valence-electron chi connectivity index (χ0n) is 19.7. The summed E-state index contributed by atoms with van der Waals surface area (Å²) in [5.74, 6) is -0.122. The minimum atomic E-state index is -0.485. The van der Waals surface area contributed by atoms with Gasteiger partial charge in [-0.3, -0.25) is 4.79 Å². The first-order valence-corrected chi connectivity index (χ1v) is 12.5. The summed E-state index contributed by atoms with van der Waals surface area (Å²) in [6.45, 7) is 3.15. The van der Waals surface area contributed by atoms with E-state index in [0.29, 0.717) is 26.0 Å². The van der Waals surface area contributed by atoms with E-state index in [0.717, 1.165) is 24.8 Å². The summed E-state index contributed by atoms with van der Waals surface area (Å²) in [7, 11) is 0. The molecular weight excluding hydrogens is 388 g/mol. The number of carbonyl (C=O) groups is 1. The van der Waals surface area contributed by atoms with Gasteiger partial charge in [0.2, 0.25) is 5.91 Å². The Morgan fingerprint density at radius 3 is 2.13 bits per heavy atom. The van der Waals surface area contributed by atoms with Gasteiger partial charge in [-0.1, -0.05) is 101 Å². The number of ether oxygens (including phenoxy) is 1. The number of amides is 1. The maximum absolute atomic E-state index is 12.8. The van der Waals surface area contributed by atoms with Crippen LogP contribution in [0.15, 0.2) is 30.3 Å². The summed E-state index contributed by atoms with van der Waals surface area (Å²) >= 11 is 0. The van der Waals surface area contributed by atoms with Gasteiger partial charge in [-0.2, -0.15) is 0 Å². The third-order valence-electron chi connectivity index (χ3n) is 5.73. The molecule has 0 bridgehead atoms. The maximum atomic E-state index is 12.8. The van der Waals surface area contributed by atoms with Crippen LogP contribution in [0.3, 0.4) is 0 Å². The van der Waals surface area contributed by atoms with Crippen molar-refractivity contribution in [1.82, 2.24) is 5.32 Å². The van der Waals surface area contributed by atoms with Crippen molar-refractivity contribution in [1.29, 1.82) is 0 Å². The first-order chi connectivity index (χ1) is 15.2. The molecule has 0 saturated heterocycles. The average molecular weight is 435 g/mol. The molecule has 2 atom stereocenters. The van der Waals surface area contributed by atoms with Gasteiger partial charge < -0.3 is 20.9 Å². The van der Waals surface area contributed by atoms with Crippen LogP contribution in [0.25, 0.3) is 0 Å². The molecule has 0 fully saturated rings. The molecule has 0 aromatic heterocycles. The average Bonchev–Trinajstić information content (AvgIpc) is 2.80. The predicted molar refractivity (Wildman–Crippen MR) is 129 cm³/mol. The van der Waals surface area contributed by atoms with Gasteiger partial charge in [0.15, 0.2) is 0 Å². The lowest BCUT2D eigenvalue weighted by Gasteiger charge is -2.22. The van der Waals surface area contributed by atoms with Crippen molar-refractivity contribution in [3.63, 3.8) is 0 Å². The number of nitrogens with two attached hydrogens (primary N) is 1. The highest BCUT2D eigenvalue weighted by Crippen LogP contribution is 2.15. The van der Waals surface area contributed by atoms with E-state index in [-0.39, 0.29) is 18.6 Å². The summed E-state index contributed by atoms with van der Waals surface area (Å²) in [4.78, 5) is 12.8. The van der Waals surface area contributed by atoms with Crippen molar-refractivity contribution >= 4 is 5.91 Å². The number of carbonyl (C=O) groups excluding carboxylic acids is 1. The van der Waals surface area contributed by atoms with Crippen LogP contribution in [0.5, 0.6) is 0 Å². The van der Waals surface area contributed by atoms with Crippen LogP contribution in [-0.2, 0) is 16.1 Å². The fourth-order valence-corrected chi connectivity index (χ4v) is 3.75. The number of aliphatic hydroxyl groups excluding tert-OH is 1. The fraction of sp³-hybridized carbons (Fsp3) is 0.731. The molecular formula is C26H46N2O3. The number of rotatable bonds is 20. The molecule has 31 heavy (non-hydrogen) atoms. The number of nitrogens with one attached hydrogen (secondary N) is 1. The Morgan fingerprint density at radius 2 is 1.55 bits per heavy atom. The highest BCUT2D eigenvalue weighted by Gasteiger charge is 2.21. The molecule has 1 rings (SSSR count). The standard InChI is InChI=1S/C26H46N2O3/c1-2-3-4-5-6-7-8-9-10-14-19-25(31-22-23-16-12-11-13-17-23)26(30)28-24(21-29)18-15-20-27/h11-13,16-17,24-25,29H,2-10,14-15,18-22,27H2,1H3,(H,28,30)/t24-,25-/m1/s1. The van der Waals surface area contributed by atoms with E-state index in [1.807, 2.05) is 30.3 Å². The number of hydrogen-bond acceptors (Lipinski definition) is 4. The zero-order chi connectivity index (χ0) is 22.6. The van der Waals surface area contributed by atoms with E-state index < -0.39 is 6.10 Å². The van der Waals surface area contributed by atoms with E-state index in [2.05, 4.69) is 12.2 Å². The van der Waals surface area contributed by atoms with Gasteiger partial charge in [0.1, 0.15) is 6.10 Å². The molecule has 5 heteroatoms. The Kier molecular flexibility index (Phi) is 17.2. The smallest absolute Gasteiger partial charge is 0.249 e. The lowest BCUT2D eigenvalue weighted by molar-refractivity contribution is -0.135. The molecule has 1 amide bonds. The van der Waals surface area contributed by atoms with Gasteiger partial charge >= 0.3 is 0 Å². The topological polar surface area (TPSA) is 84.6 Å². The quantitative estimate of drug-likeness (QED) is 0.249. The molecule has 0 aliphatic rings. The predicted octanol–water partition coefficient (Wildman–Crippen LogP) is 5.10. The highest BCUT2D eigenvalue weighted by molar-refractivity contribution is 5.81. The summed E-state index contributed by atoms with van der Waals surface area (Å²) in [6, 6.07) is 9.68. The molecule has 0 heterocycles. The summed E-state index contributed by atoms with van der Waals surface area (Å²) in [5, 5.41) is 12.5. The second-order valence-electron chi connectivity index (χ2n) is 8.57. The molecule has 0 aliphatic heterocycles. The van der Waals surface area contributed by atoms with Gasteiger partial charge in [0.05, 0.1) is 19.3 Å². The van der Waals surface area contributed by atoms with Crippen molar-refractivity contribution in [2.45, 2.75) is 109 Å². The van der Waals surface area contributed by atoms with Crippen LogP contribution in [-0.4, -0.2) is 36.3 Å². The maximum Gasteiger partial charge on any atom is 0.249 e. The van der Waals surface area contributed by atoms with E-state index in [9.17, 15) is 9.90 Å². The molecule has 5 nitrogen and oxygen atoms in total. The monoisotopic (exact) mass is 434 g/mol. The van der Waals surface area contributed by atoms with Gasteiger partial charge in [0, 0.05) is 0 Å². The number of benzene rings is 1. The normalized spacial score (nSPS) is 13.1. The molecule has 0 radical (unpaired) electrons. The van der Waals surface area contributed by atoms with E-state index in [1.54, 1.807) is 0 Å². The second-order valence-corrected chi connectivity index (χ2v) is 8.57. The van der Waals surface area contributed by atoms with Crippen LogP contribution in [0.1, 0.15) is 96.0 Å². The zero-order valence-corrected chi connectivity index (χ0v) is 19.7. The summed E-state index contributed by atoms with van der Waals surface area (Å²) in [5.41, 5.74) is 6.62. The largest absolute Gasteiger partial charge is 0.394 e. The molecule has 1 aromatic carbocycles. The van der Waals surface area contributed by atoms with Gasteiger partial charge in [-0.05, 0) is 31.4 Å². The van der Waals surface area contributed by atoms with Gasteiger partial charge in [-0.15, -0.1) is 0 Å². The van der Waals surface area contributed by atoms with Crippen LogP contribution >= 0.6 is 0 Å². The minimum Gasteiger partial charge on any atom is -0.394 e. The van der Waals surface area contributed by atoms with Crippen molar-refractivity contribution in [3.05, 3.63) is 35.9 Å². The van der Waals surface area contributed by atoms with Crippen molar-refractivity contribution in [3.8, 4) is 0 Å². The molecule has 178 valence electrons. The van der Waals surface area contributed by atoms with Crippen LogP contribution in [0.4, 0.5) is 0 Å². The molecule has 1 aromatic rings. The first-order valence-electron chi connectivity index (χ1n) is 12.5. The Morgan fingerprint density at radius 1 is 0.935 bits per heavy atom. The van der Waals surface area contributed by atoms with E-state index >= 15 is 0 Å². The Hall–Kier alpha value is -1.43. The van der Waals surface area contributed by atoms with Crippen molar-refractivity contribution < 1.29 is 14.6 Å². The lowest BCUT2D eigenvalue weighted by Crippen LogP contribution is -2.44. The molecule has 0 spiro atoms. The number of aliphatic hydroxyl groups is 1. The Balaban J connectivity index is 2.38. The first kappa shape index (κ1) is 27.6. The molecule has 0 aliphatic carbocycles. The molecule has 0 saturated carbocycles. The Labute approximate surface area is 190 Å². The third-order valence-corrected chi connectivity index (χ3v) is 5.73. The van der Waals surface area contributed by atoms with Crippen LogP contribution < -0.4 is 11.1 Å². The number of hydrogen-bond donors (Lipinski definition) is 3. The van der Waals surface area contributed by atoms with Crippen LogP contribution in [0, 0.1) is 0 Å². The third kappa shape index (κ3) is 14.3.